The van der Waals surface area contributed by atoms with Crippen molar-refractivity contribution in [3.63, 3.8) is 0 Å². The SMILES string of the molecule is CCNc1ccc(C(OCC)(c2ccc(OCCO)cc2)c2ccc(N(CC)CC)cc2)cc1. The first-order valence-electron chi connectivity index (χ1n) is 12.3. The first kappa shape index (κ1) is 25.6. The maximum absolute atomic E-state index is 9.08. The zero-order valence-corrected chi connectivity index (χ0v) is 20.9. The average molecular weight is 463 g/mol. The second-order valence-electron chi connectivity index (χ2n) is 8.04. The largest absolute Gasteiger partial charge is 0.491 e. The zero-order valence-electron chi connectivity index (χ0n) is 20.9. The normalized spacial score (nSPS) is 12.7. The molecule has 0 aromatic heterocycles. The summed E-state index contributed by atoms with van der Waals surface area (Å²) < 4.78 is 12.2. The number of nitrogens with one attached hydrogen (secondary N) is 1. The highest BCUT2D eigenvalue weighted by molar-refractivity contribution is 5.56. The Hall–Kier alpha value is -3.02. The topological polar surface area (TPSA) is 54.0 Å². The molecule has 3 aromatic rings. The fourth-order valence-corrected chi connectivity index (χ4v) is 4.44. The third-order valence-electron chi connectivity index (χ3n) is 6.06. The van der Waals surface area contributed by atoms with Crippen LogP contribution in [0, 0.1) is 0 Å². The highest BCUT2D eigenvalue weighted by Crippen LogP contribution is 2.42. The summed E-state index contributed by atoms with van der Waals surface area (Å²) >= 11 is 0. The zero-order chi connectivity index (χ0) is 24.4. The van der Waals surface area contributed by atoms with E-state index in [0.29, 0.717) is 6.61 Å². The summed E-state index contributed by atoms with van der Waals surface area (Å²) in [6, 6.07) is 25.2. The third-order valence-corrected chi connectivity index (χ3v) is 6.06. The summed E-state index contributed by atoms with van der Waals surface area (Å²) in [6.07, 6.45) is 0. The molecule has 0 bridgehead atoms. The summed E-state index contributed by atoms with van der Waals surface area (Å²) in [6.45, 7) is 12.1. The second-order valence-corrected chi connectivity index (χ2v) is 8.04. The highest BCUT2D eigenvalue weighted by atomic mass is 16.5. The van der Waals surface area contributed by atoms with E-state index in [9.17, 15) is 0 Å². The van der Waals surface area contributed by atoms with Crippen LogP contribution in [0.3, 0.4) is 0 Å². The molecule has 0 radical (unpaired) electrons. The van der Waals surface area contributed by atoms with Crippen molar-refractivity contribution >= 4 is 11.4 Å². The van der Waals surface area contributed by atoms with Gasteiger partial charge >= 0.3 is 0 Å². The molecule has 0 aliphatic carbocycles. The summed E-state index contributed by atoms with van der Waals surface area (Å²) in [7, 11) is 0. The van der Waals surface area contributed by atoms with Crippen molar-refractivity contribution in [2.45, 2.75) is 33.3 Å². The number of hydrogen-bond donors (Lipinski definition) is 2. The van der Waals surface area contributed by atoms with Crippen LogP contribution in [-0.2, 0) is 10.3 Å². The van der Waals surface area contributed by atoms with Crippen molar-refractivity contribution in [1.29, 1.82) is 0 Å². The van der Waals surface area contributed by atoms with Crippen LogP contribution >= 0.6 is 0 Å². The van der Waals surface area contributed by atoms with Crippen molar-refractivity contribution in [3.05, 3.63) is 89.5 Å². The first-order valence-corrected chi connectivity index (χ1v) is 12.3. The standard InChI is InChI=1S/C29H38N2O3/c1-5-30-26-15-9-23(10-16-26)29(34-8-4,25-13-19-28(20-14-25)33-22-21-32)24-11-17-27(18-12-24)31(6-2)7-3/h9-20,30,32H,5-8,21-22H2,1-4H3. The van der Waals surface area contributed by atoms with E-state index >= 15 is 0 Å². The minimum Gasteiger partial charge on any atom is -0.491 e. The Morgan fingerprint density at radius 2 is 1.29 bits per heavy atom. The maximum Gasteiger partial charge on any atom is 0.143 e. The Balaban J connectivity index is 2.14. The van der Waals surface area contributed by atoms with Crippen molar-refractivity contribution < 1.29 is 14.6 Å². The molecule has 0 aliphatic rings. The van der Waals surface area contributed by atoms with Gasteiger partial charge in [0, 0.05) is 37.6 Å². The predicted molar refractivity (Wildman–Crippen MR) is 141 cm³/mol. The fourth-order valence-electron chi connectivity index (χ4n) is 4.44. The van der Waals surface area contributed by atoms with Gasteiger partial charge < -0.3 is 24.8 Å². The van der Waals surface area contributed by atoms with E-state index in [-0.39, 0.29) is 13.2 Å². The summed E-state index contributed by atoms with van der Waals surface area (Å²) in [5.41, 5.74) is 4.69. The molecule has 1 atom stereocenters. The van der Waals surface area contributed by atoms with Crippen molar-refractivity contribution in [3.8, 4) is 5.75 Å². The van der Waals surface area contributed by atoms with E-state index in [2.05, 4.69) is 91.7 Å². The van der Waals surface area contributed by atoms with Crippen LogP contribution in [0.2, 0.25) is 0 Å². The first-order chi connectivity index (χ1) is 16.6. The van der Waals surface area contributed by atoms with Crippen LogP contribution < -0.4 is 15.0 Å². The summed E-state index contributed by atoms with van der Waals surface area (Å²) in [5.74, 6) is 0.725. The van der Waals surface area contributed by atoms with Crippen LogP contribution in [0.5, 0.6) is 5.75 Å². The van der Waals surface area contributed by atoms with Crippen molar-refractivity contribution in [1.82, 2.24) is 0 Å². The second kappa shape index (κ2) is 12.4. The van der Waals surface area contributed by atoms with E-state index in [0.717, 1.165) is 47.8 Å². The highest BCUT2D eigenvalue weighted by Gasteiger charge is 2.37. The number of ether oxygens (including phenoxy) is 2. The fraction of sp³-hybridized carbons (Fsp3) is 0.379. The van der Waals surface area contributed by atoms with Gasteiger partial charge in [0.15, 0.2) is 0 Å². The lowest BCUT2D eigenvalue weighted by molar-refractivity contribution is 0.0215. The molecular weight excluding hydrogens is 424 g/mol. The van der Waals surface area contributed by atoms with E-state index in [1.54, 1.807) is 0 Å². The molecule has 0 fully saturated rings. The minimum absolute atomic E-state index is 0.0122. The lowest BCUT2D eigenvalue weighted by Gasteiger charge is -2.36. The van der Waals surface area contributed by atoms with Gasteiger partial charge in [-0.3, -0.25) is 0 Å². The number of nitrogens with zero attached hydrogens (tertiary/aromatic N) is 1. The molecule has 2 N–H and O–H groups in total. The van der Waals surface area contributed by atoms with Crippen LogP contribution in [0.25, 0.3) is 0 Å². The van der Waals surface area contributed by atoms with Gasteiger partial charge in [-0.25, -0.2) is 0 Å². The van der Waals surface area contributed by atoms with Crippen molar-refractivity contribution in [2.24, 2.45) is 0 Å². The minimum atomic E-state index is -0.767. The quantitative estimate of drug-likeness (QED) is 0.321. The number of benzene rings is 3. The molecule has 0 heterocycles. The van der Waals surface area contributed by atoms with Gasteiger partial charge in [-0.2, -0.15) is 0 Å². The molecule has 3 aromatic carbocycles. The average Bonchev–Trinajstić information content (AvgIpc) is 2.88. The van der Waals surface area contributed by atoms with Crippen LogP contribution in [0.15, 0.2) is 72.8 Å². The number of aliphatic hydroxyl groups excluding tert-OH is 1. The molecule has 0 spiro atoms. The Kier molecular flexibility index (Phi) is 9.37. The Morgan fingerprint density at radius 3 is 1.76 bits per heavy atom. The van der Waals surface area contributed by atoms with Crippen LogP contribution in [0.4, 0.5) is 11.4 Å². The summed E-state index contributed by atoms with van der Waals surface area (Å²) in [5, 5.41) is 12.5. The summed E-state index contributed by atoms with van der Waals surface area (Å²) in [4.78, 5) is 2.34. The van der Waals surface area contributed by atoms with Crippen LogP contribution in [-0.4, -0.2) is 44.6 Å². The van der Waals surface area contributed by atoms with Crippen molar-refractivity contribution in [2.75, 3.05) is 49.7 Å². The molecule has 34 heavy (non-hydrogen) atoms. The molecular formula is C29H38N2O3. The van der Waals surface area contributed by atoms with Gasteiger partial charge in [0.05, 0.1) is 6.61 Å². The van der Waals surface area contributed by atoms with E-state index in [1.165, 1.54) is 5.69 Å². The molecule has 0 saturated carbocycles. The molecule has 0 aliphatic heterocycles. The third kappa shape index (κ3) is 5.54. The van der Waals surface area contributed by atoms with Gasteiger partial charge in [0.2, 0.25) is 0 Å². The molecule has 3 rings (SSSR count). The van der Waals surface area contributed by atoms with Gasteiger partial charge in [0.1, 0.15) is 18.0 Å². The lowest BCUT2D eigenvalue weighted by atomic mass is 9.79. The monoisotopic (exact) mass is 462 g/mol. The smallest absolute Gasteiger partial charge is 0.143 e. The van der Waals surface area contributed by atoms with E-state index in [4.69, 9.17) is 14.6 Å². The molecule has 0 saturated heterocycles. The molecule has 0 amide bonds. The number of aliphatic hydroxyl groups is 1. The lowest BCUT2D eigenvalue weighted by Crippen LogP contribution is -2.33. The number of rotatable bonds is 13. The number of anilines is 2. The Bertz CT molecular complexity index is 983. The van der Waals surface area contributed by atoms with Gasteiger partial charge in [-0.05, 0) is 80.8 Å². The molecule has 5 nitrogen and oxygen atoms in total. The Labute approximate surface area is 204 Å². The number of hydrogen-bond acceptors (Lipinski definition) is 5. The van der Waals surface area contributed by atoms with E-state index < -0.39 is 5.60 Å². The molecule has 182 valence electrons. The molecule has 5 heteroatoms. The van der Waals surface area contributed by atoms with Crippen LogP contribution in [0.1, 0.15) is 44.4 Å². The Morgan fingerprint density at radius 1 is 0.765 bits per heavy atom. The van der Waals surface area contributed by atoms with E-state index in [1.807, 2.05) is 19.1 Å². The van der Waals surface area contributed by atoms with Gasteiger partial charge in [-0.15, -0.1) is 0 Å². The van der Waals surface area contributed by atoms with Gasteiger partial charge in [0.25, 0.3) is 0 Å². The predicted octanol–water partition coefficient (Wildman–Crippen LogP) is 5.66. The maximum atomic E-state index is 9.08. The molecule has 1 unspecified atom stereocenters. The van der Waals surface area contributed by atoms with Gasteiger partial charge in [-0.1, -0.05) is 36.4 Å².